The summed E-state index contributed by atoms with van der Waals surface area (Å²) in [6.45, 7) is 16.2. The Morgan fingerprint density at radius 2 is 1.71 bits per heavy atom. The first-order valence-corrected chi connectivity index (χ1v) is 31.5. The SMILES string of the molecule is CCn1c(-c2cc(N3CCN4CCC[C@@H]4C3)cnc2[C@H](C)OC)c2c3cc(ccc31)-c1cc(cc(C(F)F)c1)C[C@H](NC(=O)[C@H](C1CCCC1)N1CC[C@]3(CCN(C(=O)[C@@H]4N[C@@H]4C4CC4)C3)C1)C(=O)N1CCC[C@H](N1)C(=O)OCC(C)(C)C2. The Bertz CT molecular complexity index is 3140. The van der Waals surface area contributed by atoms with Crippen LogP contribution in [0.25, 0.3) is 33.3 Å². The van der Waals surface area contributed by atoms with Gasteiger partial charge in [-0.1, -0.05) is 44.9 Å². The molecule has 83 heavy (non-hydrogen) atoms. The molecule has 6 bridgehead atoms. The van der Waals surface area contributed by atoms with Crippen molar-refractivity contribution in [3.8, 4) is 22.4 Å². The van der Waals surface area contributed by atoms with Crippen LogP contribution in [-0.2, 0) is 48.0 Å². The molecular weight excluding hydrogens is 1050 g/mol. The first-order chi connectivity index (χ1) is 40.1. The number of pyridine rings is 1. The van der Waals surface area contributed by atoms with Crippen molar-refractivity contribution in [1.82, 2.24) is 45.3 Å². The number of nitrogens with zero attached hydrogens (tertiary/aromatic N) is 7. The van der Waals surface area contributed by atoms with Crippen LogP contribution in [-0.4, -0.2) is 162 Å². The van der Waals surface area contributed by atoms with Gasteiger partial charge in [0.15, 0.2) is 0 Å². The van der Waals surface area contributed by atoms with Crippen LogP contribution < -0.4 is 21.0 Å². The lowest BCUT2D eigenvalue weighted by molar-refractivity contribution is -0.155. The number of fused-ring (bicyclic) bond motifs is 7. The number of piperazine rings is 1. The molecule has 3 N–H and O–H groups in total. The van der Waals surface area contributed by atoms with E-state index in [9.17, 15) is 9.59 Å². The van der Waals surface area contributed by atoms with Gasteiger partial charge >= 0.3 is 5.97 Å². The molecule has 6 saturated heterocycles. The topological polar surface area (TPSA) is 167 Å². The number of alkyl halides is 2. The van der Waals surface area contributed by atoms with Crippen LogP contribution in [0.1, 0.15) is 140 Å². The molecule has 0 unspecified atom stereocenters. The van der Waals surface area contributed by atoms with Crippen molar-refractivity contribution in [3.63, 3.8) is 0 Å². The molecular formula is C65H86F2N10O6. The number of esters is 1. The highest BCUT2D eigenvalue weighted by atomic mass is 19.3. The number of cyclic esters (lactones) is 1. The van der Waals surface area contributed by atoms with E-state index in [1.807, 2.05) is 25.3 Å². The number of amides is 3. The maximum atomic E-state index is 15.4. The van der Waals surface area contributed by atoms with E-state index in [-0.39, 0.29) is 60.4 Å². The number of benzene rings is 2. The summed E-state index contributed by atoms with van der Waals surface area (Å²) in [5.74, 6) is -0.237. The second-order valence-corrected chi connectivity index (χ2v) is 27.1. The summed E-state index contributed by atoms with van der Waals surface area (Å²) in [4.78, 5) is 73.3. The lowest BCUT2D eigenvalue weighted by Crippen LogP contribution is -2.62. The normalized spacial score (nSPS) is 28.7. The molecule has 18 heteroatoms. The van der Waals surface area contributed by atoms with Crippen LogP contribution in [0.4, 0.5) is 14.5 Å². The molecule has 2 aromatic heterocycles. The zero-order valence-electron chi connectivity index (χ0n) is 49.4. The van der Waals surface area contributed by atoms with E-state index in [1.54, 1.807) is 13.2 Å². The van der Waals surface area contributed by atoms with Crippen molar-refractivity contribution in [3.05, 3.63) is 71.0 Å². The Balaban J connectivity index is 0.866. The number of carbonyl (C=O) groups excluding carboxylic acids is 4. The van der Waals surface area contributed by atoms with Crippen LogP contribution in [0.5, 0.6) is 0 Å². The molecule has 9 aliphatic rings. The number of carbonyl (C=O) groups is 4. The minimum Gasteiger partial charge on any atom is -0.464 e. The average Bonchev–Trinajstić information content (AvgIpc) is 4.28. The van der Waals surface area contributed by atoms with E-state index in [0.717, 1.165) is 116 Å². The third-order valence-corrected chi connectivity index (χ3v) is 20.7. The van der Waals surface area contributed by atoms with Crippen LogP contribution in [0.2, 0.25) is 0 Å². The number of hydrazine groups is 1. The molecule has 2 aromatic carbocycles. The molecule has 2 aliphatic carbocycles. The fourth-order valence-corrected chi connectivity index (χ4v) is 16.0. The summed E-state index contributed by atoms with van der Waals surface area (Å²) in [7, 11) is 1.71. The molecule has 16 nitrogen and oxygen atoms in total. The van der Waals surface area contributed by atoms with Gasteiger partial charge in [0.25, 0.3) is 12.3 Å². The minimum absolute atomic E-state index is 0.0570. The van der Waals surface area contributed by atoms with Gasteiger partial charge in [0.2, 0.25) is 11.8 Å². The maximum Gasteiger partial charge on any atom is 0.324 e. The quantitative estimate of drug-likeness (QED) is 0.0921. The van der Waals surface area contributed by atoms with Crippen LogP contribution in [0, 0.1) is 22.7 Å². The van der Waals surface area contributed by atoms with E-state index in [0.29, 0.717) is 74.6 Å². The number of halogens is 2. The van der Waals surface area contributed by atoms with E-state index < -0.39 is 41.8 Å². The Hall–Kier alpha value is -5.53. The number of likely N-dealkylation sites (tertiary alicyclic amines) is 2. The van der Waals surface area contributed by atoms with Gasteiger partial charge in [-0.05, 0) is 156 Å². The molecule has 13 rings (SSSR count). The van der Waals surface area contributed by atoms with Crippen molar-refractivity contribution < 1.29 is 37.4 Å². The third kappa shape index (κ3) is 11.2. The lowest BCUT2D eigenvalue weighted by Gasteiger charge is -2.39. The first-order valence-electron chi connectivity index (χ1n) is 31.5. The molecule has 4 aromatic rings. The zero-order chi connectivity index (χ0) is 57.5. The second-order valence-electron chi connectivity index (χ2n) is 27.1. The molecule has 446 valence electrons. The van der Waals surface area contributed by atoms with Gasteiger partial charge in [-0.2, -0.15) is 0 Å². The number of nitrogens with one attached hydrogen (secondary N) is 3. The second kappa shape index (κ2) is 22.7. The number of ether oxygens (including phenoxy) is 2. The summed E-state index contributed by atoms with van der Waals surface area (Å²) < 4.78 is 45.5. The summed E-state index contributed by atoms with van der Waals surface area (Å²) in [6, 6.07) is 11.7. The van der Waals surface area contributed by atoms with E-state index in [1.165, 1.54) is 36.8 Å². The smallest absolute Gasteiger partial charge is 0.324 e. The molecule has 1 spiro atoms. The highest BCUT2D eigenvalue weighted by Crippen LogP contribution is 2.47. The summed E-state index contributed by atoms with van der Waals surface area (Å²) in [6.07, 6.45) is 10.6. The Labute approximate surface area is 487 Å². The van der Waals surface area contributed by atoms with Gasteiger partial charge in [0.05, 0.1) is 42.0 Å². The van der Waals surface area contributed by atoms with E-state index >= 15 is 18.4 Å². The summed E-state index contributed by atoms with van der Waals surface area (Å²) in [5.41, 5.74) is 9.98. The predicted molar refractivity (Wildman–Crippen MR) is 314 cm³/mol. The Morgan fingerprint density at radius 3 is 2.49 bits per heavy atom. The van der Waals surface area contributed by atoms with Crippen molar-refractivity contribution in [1.29, 1.82) is 0 Å². The van der Waals surface area contributed by atoms with Gasteiger partial charge < -0.3 is 29.2 Å². The van der Waals surface area contributed by atoms with Crippen LogP contribution >= 0.6 is 0 Å². The standard InChI is InChI=1S/C65H86F2N10O6/c1-6-76-53-18-17-43-31-48(53)50(58(76)49-32-47(34-68-54(49)39(2)82-5)73-26-25-72-21-9-13-46(72)35-73)33-64(3,4)38-83-63(81)51-14-10-22-77(71-51)61(79)52(29-40-27-44(43)30-45(28-40)59(66)67)69-60(78)57(42-11-7-8-12-42)74-23-19-65(36-74)20-24-75(37-65)62(80)56-55(70-56)41-15-16-41/h17-18,27-28,30-32,34,39,41-42,46,51-52,55-57,59,70-71H,6-16,19-26,29,33,35-38H2,1-5H3,(H,69,78)/t39-,46+,51-,52-,55+,56+,57-,65-/m0/s1. The number of aryl methyl sites for hydroxylation is 1. The van der Waals surface area contributed by atoms with Crippen molar-refractivity contribution in [2.24, 2.45) is 22.7 Å². The van der Waals surface area contributed by atoms with Crippen LogP contribution in [0.15, 0.2) is 48.7 Å². The third-order valence-electron chi connectivity index (χ3n) is 20.7. The number of aromatic nitrogens is 2. The van der Waals surface area contributed by atoms with Crippen molar-refractivity contribution in [2.45, 2.75) is 173 Å². The van der Waals surface area contributed by atoms with E-state index in [4.69, 9.17) is 14.5 Å². The molecule has 7 aliphatic heterocycles. The molecule has 3 amide bonds. The van der Waals surface area contributed by atoms with Gasteiger partial charge in [0.1, 0.15) is 18.1 Å². The summed E-state index contributed by atoms with van der Waals surface area (Å²) in [5, 5.41) is 9.12. The largest absolute Gasteiger partial charge is 0.464 e. The number of rotatable bonds is 12. The molecule has 8 atom stereocenters. The van der Waals surface area contributed by atoms with Gasteiger partial charge in [-0.25, -0.2) is 14.2 Å². The van der Waals surface area contributed by atoms with Crippen LogP contribution in [0.3, 0.4) is 0 Å². The lowest BCUT2D eigenvalue weighted by atomic mass is 9.84. The van der Waals surface area contributed by atoms with Gasteiger partial charge in [-0.15, -0.1) is 0 Å². The highest BCUT2D eigenvalue weighted by molar-refractivity contribution is 5.96. The number of anilines is 1. The van der Waals surface area contributed by atoms with E-state index in [2.05, 4.69) is 79.2 Å². The fraction of sp³-hybridized carbons (Fsp3) is 0.646. The van der Waals surface area contributed by atoms with Gasteiger partial charge in [0, 0.05) is 111 Å². The Morgan fingerprint density at radius 1 is 0.904 bits per heavy atom. The predicted octanol–water partition coefficient (Wildman–Crippen LogP) is 8.20. The maximum absolute atomic E-state index is 15.4. The zero-order valence-corrected chi connectivity index (χ0v) is 49.4. The number of hydrogen-bond acceptors (Lipinski definition) is 12. The molecule has 2 saturated carbocycles. The molecule has 0 radical (unpaired) electrons. The monoisotopic (exact) mass is 1140 g/mol. The van der Waals surface area contributed by atoms with Crippen molar-refractivity contribution in [2.75, 3.05) is 77.5 Å². The average molecular weight is 1140 g/mol. The summed E-state index contributed by atoms with van der Waals surface area (Å²) >= 11 is 0. The van der Waals surface area contributed by atoms with Crippen molar-refractivity contribution >= 4 is 40.3 Å². The number of methoxy groups -OCH3 is 1. The highest BCUT2D eigenvalue weighted by Gasteiger charge is 2.55. The number of hydrogen-bond donors (Lipinski definition) is 3. The fourth-order valence-electron chi connectivity index (χ4n) is 16.0. The molecule has 8 fully saturated rings. The first kappa shape index (κ1) is 56.6. The Kier molecular flexibility index (Phi) is 15.5. The molecule has 9 heterocycles. The van der Waals surface area contributed by atoms with Gasteiger partial charge in [-0.3, -0.25) is 44.3 Å². The minimum atomic E-state index is -2.81.